The Morgan fingerprint density at radius 2 is 2.10 bits per heavy atom. The first-order valence-electron chi connectivity index (χ1n) is 5.81. The number of nitro benzene ring substituents is 1. The van der Waals surface area contributed by atoms with E-state index in [0.29, 0.717) is 0 Å². The summed E-state index contributed by atoms with van der Waals surface area (Å²) in [6.07, 6.45) is -2.00. The first kappa shape index (κ1) is 17.0. The van der Waals surface area contributed by atoms with Gasteiger partial charge in [-0.3, -0.25) is 10.1 Å². The van der Waals surface area contributed by atoms with E-state index in [1.165, 1.54) is 25.1 Å². The second kappa shape index (κ2) is 6.61. The van der Waals surface area contributed by atoms with E-state index in [1.54, 1.807) is 0 Å². The molecule has 0 amide bonds. The molecule has 0 aliphatic carbocycles. The van der Waals surface area contributed by atoms with Crippen molar-refractivity contribution in [2.24, 2.45) is 0 Å². The van der Waals surface area contributed by atoms with Crippen molar-refractivity contribution < 1.29 is 28.3 Å². The van der Waals surface area contributed by atoms with Crippen molar-refractivity contribution in [3.05, 3.63) is 33.9 Å². The number of aliphatic carboxylic acids is 1. The number of carbonyl (C=O) groups is 1. The topological polar surface area (TPSA) is 147 Å². The Balaban J connectivity index is 2.91. The lowest BCUT2D eigenvalue weighted by molar-refractivity contribution is -0.385. The Bertz CT molecular complexity index is 657. The van der Waals surface area contributed by atoms with Crippen LogP contribution in [0.1, 0.15) is 12.0 Å². The summed E-state index contributed by atoms with van der Waals surface area (Å²) in [7, 11) is -4.03. The van der Waals surface area contributed by atoms with Crippen LogP contribution < -0.4 is 4.72 Å². The standard InChI is InChI=1S/C11H14N2O7S/c1-7-8(13(17)18)3-2-4-10(7)21(19,20)12-6-5-9(14)11(15)16/h2-4,9,12,14H,5-6H2,1H3,(H,15,16)/t9-/m0/s1. The average Bonchev–Trinajstić information content (AvgIpc) is 2.37. The lowest BCUT2D eigenvalue weighted by Crippen LogP contribution is -2.30. The summed E-state index contributed by atoms with van der Waals surface area (Å²) in [6.45, 7) is 0.997. The summed E-state index contributed by atoms with van der Waals surface area (Å²) < 4.78 is 26.1. The minimum absolute atomic E-state index is 0.0196. The van der Waals surface area contributed by atoms with Gasteiger partial charge in [0.05, 0.1) is 9.82 Å². The SMILES string of the molecule is Cc1c([N+](=O)[O-])cccc1S(=O)(=O)NCC[C@H](O)C(=O)O. The van der Waals surface area contributed by atoms with Crippen LogP contribution in [0.4, 0.5) is 5.69 Å². The van der Waals surface area contributed by atoms with Gasteiger partial charge in [0.15, 0.2) is 6.10 Å². The minimum atomic E-state index is -4.03. The molecular weight excluding hydrogens is 304 g/mol. The van der Waals surface area contributed by atoms with E-state index < -0.39 is 27.0 Å². The molecule has 0 unspecified atom stereocenters. The van der Waals surface area contributed by atoms with E-state index in [2.05, 4.69) is 4.72 Å². The van der Waals surface area contributed by atoms with Crippen LogP contribution in [0.5, 0.6) is 0 Å². The second-order valence-electron chi connectivity index (χ2n) is 4.20. The van der Waals surface area contributed by atoms with Crippen LogP contribution in [0.3, 0.4) is 0 Å². The van der Waals surface area contributed by atoms with Gasteiger partial charge < -0.3 is 10.2 Å². The zero-order valence-electron chi connectivity index (χ0n) is 11.0. The number of carboxylic acids is 1. The van der Waals surface area contributed by atoms with Gasteiger partial charge in [-0.15, -0.1) is 0 Å². The Labute approximate surface area is 120 Å². The van der Waals surface area contributed by atoms with Crippen molar-refractivity contribution in [3.63, 3.8) is 0 Å². The number of aliphatic hydroxyl groups is 1. The lowest BCUT2D eigenvalue weighted by Gasteiger charge is -2.10. The van der Waals surface area contributed by atoms with Gasteiger partial charge >= 0.3 is 5.97 Å². The van der Waals surface area contributed by atoms with Crippen LogP contribution in [0, 0.1) is 17.0 Å². The van der Waals surface area contributed by atoms with E-state index in [0.717, 1.165) is 0 Å². The molecular formula is C11H14N2O7S. The fraction of sp³-hybridized carbons (Fsp3) is 0.364. The first-order valence-corrected chi connectivity index (χ1v) is 7.29. The molecule has 1 atom stereocenters. The molecule has 9 nitrogen and oxygen atoms in total. The van der Waals surface area contributed by atoms with Crippen LogP contribution in [0.15, 0.2) is 23.1 Å². The highest BCUT2D eigenvalue weighted by atomic mass is 32.2. The highest BCUT2D eigenvalue weighted by Gasteiger charge is 2.23. The third-order valence-electron chi connectivity index (χ3n) is 2.74. The van der Waals surface area contributed by atoms with Gasteiger partial charge in [0.2, 0.25) is 10.0 Å². The number of carboxylic acid groups (broad SMARTS) is 1. The number of hydrogen-bond donors (Lipinski definition) is 3. The van der Waals surface area contributed by atoms with Crippen LogP contribution in [0.2, 0.25) is 0 Å². The maximum atomic E-state index is 12.0. The van der Waals surface area contributed by atoms with E-state index in [-0.39, 0.29) is 29.1 Å². The fourth-order valence-corrected chi connectivity index (χ4v) is 2.93. The third-order valence-corrected chi connectivity index (χ3v) is 4.34. The molecule has 3 N–H and O–H groups in total. The van der Waals surface area contributed by atoms with Crippen molar-refractivity contribution in [1.82, 2.24) is 4.72 Å². The molecule has 10 heteroatoms. The third kappa shape index (κ3) is 4.21. The molecule has 0 aromatic heterocycles. The van der Waals surface area contributed by atoms with Gasteiger partial charge in [-0.2, -0.15) is 0 Å². The van der Waals surface area contributed by atoms with Gasteiger partial charge in [0.1, 0.15) is 0 Å². The van der Waals surface area contributed by atoms with E-state index >= 15 is 0 Å². The molecule has 0 saturated carbocycles. The molecule has 1 rings (SSSR count). The van der Waals surface area contributed by atoms with Crippen molar-refractivity contribution in [2.45, 2.75) is 24.3 Å². The molecule has 21 heavy (non-hydrogen) atoms. The fourth-order valence-electron chi connectivity index (χ4n) is 1.62. The number of nitrogens with zero attached hydrogens (tertiary/aromatic N) is 1. The summed E-state index contributed by atoms with van der Waals surface area (Å²) in [6, 6.07) is 3.63. The normalized spacial score (nSPS) is 12.9. The van der Waals surface area contributed by atoms with Crippen LogP contribution in [-0.4, -0.2) is 42.2 Å². The van der Waals surface area contributed by atoms with Gasteiger partial charge in [-0.1, -0.05) is 6.07 Å². The second-order valence-corrected chi connectivity index (χ2v) is 5.93. The molecule has 1 aromatic carbocycles. The smallest absolute Gasteiger partial charge is 0.332 e. The zero-order valence-corrected chi connectivity index (χ0v) is 11.8. The van der Waals surface area contributed by atoms with E-state index in [4.69, 9.17) is 10.2 Å². The van der Waals surface area contributed by atoms with Crippen molar-refractivity contribution in [2.75, 3.05) is 6.54 Å². The number of hydrogen-bond acceptors (Lipinski definition) is 6. The maximum absolute atomic E-state index is 12.0. The molecule has 0 spiro atoms. The largest absolute Gasteiger partial charge is 0.479 e. The van der Waals surface area contributed by atoms with Gasteiger partial charge in [-0.05, 0) is 19.4 Å². The summed E-state index contributed by atoms with van der Waals surface area (Å²) in [4.78, 5) is 20.2. The number of benzene rings is 1. The average molecular weight is 318 g/mol. The number of sulfonamides is 1. The van der Waals surface area contributed by atoms with Gasteiger partial charge in [-0.25, -0.2) is 17.9 Å². The Morgan fingerprint density at radius 3 is 2.62 bits per heavy atom. The van der Waals surface area contributed by atoms with Crippen molar-refractivity contribution in [1.29, 1.82) is 0 Å². The van der Waals surface area contributed by atoms with Crippen molar-refractivity contribution >= 4 is 21.7 Å². The zero-order chi connectivity index (χ0) is 16.2. The van der Waals surface area contributed by atoms with Gasteiger partial charge in [0.25, 0.3) is 5.69 Å². The number of aliphatic hydroxyl groups excluding tert-OH is 1. The number of nitro groups is 1. The van der Waals surface area contributed by atoms with Crippen LogP contribution >= 0.6 is 0 Å². The molecule has 0 bridgehead atoms. The predicted molar refractivity (Wildman–Crippen MR) is 71.3 cm³/mol. The monoisotopic (exact) mass is 318 g/mol. The molecule has 0 aliphatic rings. The molecule has 0 saturated heterocycles. The maximum Gasteiger partial charge on any atom is 0.332 e. The summed E-state index contributed by atoms with van der Waals surface area (Å²) in [5, 5.41) is 28.3. The molecule has 116 valence electrons. The number of nitrogens with one attached hydrogen (secondary N) is 1. The van der Waals surface area contributed by atoms with Gasteiger partial charge in [0, 0.05) is 18.2 Å². The Kier molecular flexibility index (Phi) is 5.35. The molecule has 0 fully saturated rings. The predicted octanol–water partition coefficient (Wildman–Crippen LogP) is 0.0171. The Hall–Kier alpha value is -2.04. The van der Waals surface area contributed by atoms with Crippen LogP contribution in [-0.2, 0) is 14.8 Å². The quantitative estimate of drug-likeness (QED) is 0.474. The summed E-state index contributed by atoms with van der Waals surface area (Å²) >= 11 is 0. The highest BCUT2D eigenvalue weighted by Crippen LogP contribution is 2.24. The molecule has 1 aromatic rings. The van der Waals surface area contributed by atoms with E-state index in [9.17, 15) is 23.3 Å². The first-order chi connectivity index (χ1) is 9.66. The minimum Gasteiger partial charge on any atom is -0.479 e. The number of rotatable bonds is 7. The molecule has 0 aliphatic heterocycles. The molecule has 0 heterocycles. The Morgan fingerprint density at radius 1 is 1.48 bits per heavy atom. The van der Waals surface area contributed by atoms with Crippen molar-refractivity contribution in [3.8, 4) is 0 Å². The molecule has 0 radical (unpaired) electrons. The van der Waals surface area contributed by atoms with Crippen LogP contribution in [0.25, 0.3) is 0 Å². The lowest BCUT2D eigenvalue weighted by atomic mass is 10.2. The summed E-state index contributed by atoms with van der Waals surface area (Å²) in [5.74, 6) is -1.46. The highest BCUT2D eigenvalue weighted by molar-refractivity contribution is 7.89. The van der Waals surface area contributed by atoms with E-state index in [1.807, 2.05) is 0 Å². The summed E-state index contributed by atoms with van der Waals surface area (Å²) in [5.41, 5.74) is -0.350.